The van der Waals surface area contributed by atoms with Crippen LogP contribution in [0, 0.1) is 5.82 Å². The topological polar surface area (TPSA) is 93.8 Å². The molecule has 204 valence electrons. The summed E-state index contributed by atoms with van der Waals surface area (Å²) < 4.78 is 13.3. The van der Waals surface area contributed by atoms with Gasteiger partial charge in [0.05, 0.1) is 5.56 Å². The minimum atomic E-state index is -0.349. The maximum Gasteiger partial charge on any atom is 0.317 e. The molecule has 1 fully saturated rings. The Bertz CT molecular complexity index is 1320. The number of nitrogens with one attached hydrogen (secondary N) is 3. The first-order valence-corrected chi connectivity index (χ1v) is 13.1. The van der Waals surface area contributed by atoms with Crippen molar-refractivity contribution < 1.29 is 18.8 Å². The van der Waals surface area contributed by atoms with Crippen LogP contribution in [0.5, 0.6) is 0 Å². The van der Waals surface area contributed by atoms with Crippen molar-refractivity contribution in [3.63, 3.8) is 0 Å². The SMILES string of the molecule is CC(C)NC(=O)N1CCN(c2ccc(NC(=O)c3ccc(Cl)cc3)cc2C(=O)NCc2ccc(F)cc2)CC1. The van der Waals surface area contributed by atoms with Crippen LogP contribution in [-0.4, -0.2) is 55.0 Å². The van der Waals surface area contributed by atoms with Gasteiger partial charge in [-0.25, -0.2) is 9.18 Å². The van der Waals surface area contributed by atoms with Crippen molar-refractivity contribution >= 4 is 40.8 Å². The number of carbonyl (C=O) groups is 3. The summed E-state index contributed by atoms with van der Waals surface area (Å²) >= 11 is 5.93. The molecule has 1 aliphatic heterocycles. The summed E-state index contributed by atoms with van der Waals surface area (Å²) in [7, 11) is 0. The Hall–Kier alpha value is -4.11. The summed E-state index contributed by atoms with van der Waals surface area (Å²) in [5, 5.41) is 9.16. The molecule has 3 aromatic rings. The van der Waals surface area contributed by atoms with E-state index in [1.807, 2.05) is 13.8 Å². The van der Waals surface area contributed by atoms with Crippen molar-refractivity contribution in [1.29, 1.82) is 0 Å². The molecular formula is C29H31ClFN5O3. The number of amides is 4. The Labute approximate surface area is 232 Å². The van der Waals surface area contributed by atoms with E-state index in [9.17, 15) is 18.8 Å². The maximum absolute atomic E-state index is 13.4. The number of anilines is 2. The van der Waals surface area contributed by atoms with Gasteiger partial charge in [-0.05, 0) is 74.0 Å². The maximum atomic E-state index is 13.4. The first kappa shape index (κ1) is 27.9. The normalized spacial score (nSPS) is 13.3. The van der Waals surface area contributed by atoms with Crippen molar-refractivity contribution in [3.05, 3.63) is 94.3 Å². The summed E-state index contributed by atoms with van der Waals surface area (Å²) in [6.07, 6.45) is 0. The third-order valence-electron chi connectivity index (χ3n) is 6.29. The largest absolute Gasteiger partial charge is 0.367 e. The molecule has 4 amide bonds. The second-order valence-electron chi connectivity index (χ2n) is 9.58. The molecule has 39 heavy (non-hydrogen) atoms. The molecule has 0 spiro atoms. The standard InChI is InChI=1S/C29H31ClFN5O3/c1-19(2)33-29(39)36-15-13-35(14-16-36)26-12-11-24(34-27(37)21-5-7-22(30)8-6-21)17-25(26)28(38)32-18-20-3-9-23(31)10-4-20/h3-12,17,19H,13-16,18H2,1-2H3,(H,32,38)(H,33,39)(H,34,37). The summed E-state index contributed by atoms with van der Waals surface area (Å²) in [6.45, 7) is 6.13. The van der Waals surface area contributed by atoms with Gasteiger partial charge in [0, 0.05) is 60.7 Å². The van der Waals surface area contributed by atoms with Gasteiger partial charge in [0.2, 0.25) is 0 Å². The first-order valence-electron chi connectivity index (χ1n) is 12.7. The monoisotopic (exact) mass is 551 g/mol. The van der Waals surface area contributed by atoms with Gasteiger partial charge < -0.3 is 25.8 Å². The Morgan fingerprint density at radius 1 is 0.897 bits per heavy atom. The summed E-state index contributed by atoms with van der Waals surface area (Å²) in [5.74, 6) is -1.02. The average Bonchev–Trinajstić information content (AvgIpc) is 2.92. The number of benzene rings is 3. The highest BCUT2D eigenvalue weighted by Crippen LogP contribution is 2.26. The van der Waals surface area contributed by atoms with Crippen LogP contribution in [0.15, 0.2) is 66.7 Å². The van der Waals surface area contributed by atoms with E-state index in [1.54, 1.807) is 59.5 Å². The zero-order valence-corrected chi connectivity index (χ0v) is 22.6. The molecule has 8 nitrogen and oxygen atoms in total. The minimum absolute atomic E-state index is 0.0440. The summed E-state index contributed by atoms with van der Waals surface area (Å²) in [5.41, 5.74) is 2.72. The van der Waals surface area contributed by atoms with E-state index >= 15 is 0 Å². The van der Waals surface area contributed by atoms with Crippen molar-refractivity contribution in [2.24, 2.45) is 0 Å². The van der Waals surface area contributed by atoms with Crippen LogP contribution in [0.1, 0.15) is 40.1 Å². The number of rotatable bonds is 7. The first-order chi connectivity index (χ1) is 18.7. The number of hydrogen-bond acceptors (Lipinski definition) is 4. The van der Waals surface area contributed by atoms with E-state index < -0.39 is 0 Å². The van der Waals surface area contributed by atoms with Crippen LogP contribution in [-0.2, 0) is 6.54 Å². The van der Waals surface area contributed by atoms with Crippen molar-refractivity contribution in [2.75, 3.05) is 36.4 Å². The van der Waals surface area contributed by atoms with Gasteiger partial charge in [0.15, 0.2) is 0 Å². The molecule has 0 atom stereocenters. The number of nitrogens with zero attached hydrogens (tertiary/aromatic N) is 2. The zero-order chi connectivity index (χ0) is 27.9. The molecule has 0 bridgehead atoms. The van der Waals surface area contributed by atoms with E-state index in [1.165, 1.54) is 12.1 Å². The molecule has 10 heteroatoms. The molecule has 3 N–H and O–H groups in total. The van der Waals surface area contributed by atoms with E-state index in [0.717, 1.165) is 5.56 Å². The van der Waals surface area contributed by atoms with Crippen LogP contribution in [0.25, 0.3) is 0 Å². The highest BCUT2D eigenvalue weighted by molar-refractivity contribution is 6.30. The Kier molecular flexibility index (Phi) is 9.03. The molecule has 1 saturated heterocycles. The van der Waals surface area contributed by atoms with Gasteiger partial charge in [-0.2, -0.15) is 0 Å². The van der Waals surface area contributed by atoms with Crippen molar-refractivity contribution in [1.82, 2.24) is 15.5 Å². The molecule has 1 heterocycles. The van der Waals surface area contributed by atoms with Crippen molar-refractivity contribution in [2.45, 2.75) is 26.4 Å². The van der Waals surface area contributed by atoms with Crippen LogP contribution < -0.4 is 20.9 Å². The quantitative estimate of drug-likeness (QED) is 0.389. The van der Waals surface area contributed by atoms with Crippen LogP contribution >= 0.6 is 11.6 Å². The number of urea groups is 1. The van der Waals surface area contributed by atoms with Gasteiger partial charge in [0.1, 0.15) is 5.82 Å². The lowest BCUT2D eigenvalue weighted by Crippen LogP contribution is -2.53. The third-order valence-corrected chi connectivity index (χ3v) is 6.54. The highest BCUT2D eigenvalue weighted by atomic mass is 35.5. The van der Waals surface area contributed by atoms with Gasteiger partial charge in [-0.15, -0.1) is 0 Å². The Morgan fingerprint density at radius 3 is 2.21 bits per heavy atom. The molecule has 0 unspecified atom stereocenters. The van der Waals surface area contributed by atoms with Crippen LogP contribution in [0.3, 0.4) is 0 Å². The molecule has 0 aliphatic carbocycles. The predicted molar refractivity (Wildman–Crippen MR) is 151 cm³/mol. The molecule has 3 aromatic carbocycles. The zero-order valence-electron chi connectivity index (χ0n) is 21.8. The van der Waals surface area contributed by atoms with Gasteiger partial charge in [-0.1, -0.05) is 23.7 Å². The van der Waals surface area contributed by atoms with Crippen LogP contribution in [0.2, 0.25) is 5.02 Å². The molecule has 0 radical (unpaired) electrons. The molecular weight excluding hydrogens is 521 g/mol. The lowest BCUT2D eigenvalue weighted by atomic mass is 10.1. The fourth-order valence-electron chi connectivity index (χ4n) is 4.24. The van der Waals surface area contributed by atoms with Crippen molar-refractivity contribution in [3.8, 4) is 0 Å². The summed E-state index contributed by atoms with van der Waals surface area (Å²) in [4.78, 5) is 42.4. The molecule has 0 saturated carbocycles. The lowest BCUT2D eigenvalue weighted by Gasteiger charge is -2.37. The second-order valence-corrected chi connectivity index (χ2v) is 10.0. The smallest absolute Gasteiger partial charge is 0.317 e. The van der Waals surface area contributed by atoms with E-state index in [0.29, 0.717) is 53.7 Å². The molecule has 1 aliphatic rings. The van der Waals surface area contributed by atoms with E-state index in [-0.39, 0.29) is 36.2 Å². The second kappa shape index (κ2) is 12.6. The lowest BCUT2D eigenvalue weighted by molar-refractivity contribution is 0.0949. The van der Waals surface area contributed by atoms with E-state index in [2.05, 4.69) is 20.9 Å². The highest BCUT2D eigenvalue weighted by Gasteiger charge is 2.25. The van der Waals surface area contributed by atoms with Gasteiger partial charge in [0.25, 0.3) is 11.8 Å². The van der Waals surface area contributed by atoms with Gasteiger partial charge in [-0.3, -0.25) is 9.59 Å². The van der Waals surface area contributed by atoms with E-state index in [4.69, 9.17) is 11.6 Å². The number of carbonyl (C=O) groups excluding carboxylic acids is 3. The predicted octanol–water partition coefficient (Wildman–Crippen LogP) is 4.90. The Balaban J connectivity index is 1.53. The summed E-state index contributed by atoms with van der Waals surface area (Å²) in [6, 6.07) is 17.5. The number of halogens is 2. The fraction of sp³-hybridized carbons (Fsp3) is 0.276. The van der Waals surface area contributed by atoms with Crippen LogP contribution in [0.4, 0.5) is 20.6 Å². The number of piperazine rings is 1. The van der Waals surface area contributed by atoms with Gasteiger partial charge >= 0.3 is 6.03 Å². The average molecular weight is 552 g/mol. The number of hydrogen-bond donors (Lipinski definition) is 3. The molecule has 0 aromatic heterocycles. The molecule has 4 rings (SSSR count). The Morgan fingerprint density at radius 2 is 1.56 bits per heavy atom. The third kappa shape index (κ3) is 7.48. The minimum Gasteiger partial charge on any atom is -0.367 e. The fourth-order valence-corrected chi connectivity index (χ4v) is 4.37.